The van der Waals surface area contributed by atoms with Gasteiger partial charge in [-0.1, -0.05) is 12.5 Å². The Kier molecular flexibility index (Phi) is 2.91. The minimum atomic E-state index is 0.0537. The second-order valence-corrected chi connectivity index (χ2v) is 6.49. The van der Waals surface area contributed by atoms with Gasteiger partial charge in [0.25, 0.3) is 0 Å². The number of carbonyl (C=O) groups excluding carboxylic acids is 1. The Morgan fingerprint density at radius 3 is 2.71 bits per heavy atom. The number of aryl methyl sites for hydroxylation is 1. The van der Waals surface area contributed by atoms with Crippen LogP contribution in [-0.2, 0) is 7.05 Å². The number of hydrogen-bond donors (Lipinski definition) is 1. The standard InChI is InChI=1S/C17H21N3O/c1-19-8-7-12-5-6-15(9-16(12)19)18-17(21)20-10-13-3-2-4-14(13)11-20/h5-9,13-14H,2-4,10-11H2,1H3,(H,18,21)/t13-,14+. The fraction of sp³-hybridized carbons (Fsp3) is 0.471. The van der Waals surface area contributed by atoms with Gasteiger partial charge >= 0.3 is 6.03 Å². The molecule has 21 heavy (non-hydrogen) atoms. The van der Waals surface area contributed by atoms with E-state index in [1.165, 1.54) is 24.6 Å². The summed E-state index contributed by atoms with van der Waals surface area (Å²) in [5.41, 5.74) is 2.03. The molecule has 4 heteroatoms. The Hall–Kier alpha value is -1.97. The van der Waals surface area contributed by atoms with Gasteiger partial charge in [-0.3, -0.25) is 0 Å². The summed E-state index contributed by atoms with van der Waals surface area (Å²) in [6.45, 7) is 1.87. The van der Waals surface area contributed by atoms with Crippen molar-refractivity contribution in [2.75, 3.05) is 18.4 Å². The number of amides is 2. The molecule has 4 rings (SSSR count). The van der Waals surface area contributed by atoms with E-state index in [0.29, 0.717) is 0 Å². The van der Waals surface area contributed by atoms with Crippen molar-refractivity contribution in [3.8, 4) is 0 Å². The van der Waals surface area contributed by atoms with Crippen molar-refractivity contribution in [2.45, 2.75) is 19.3 Å². The minimum absolute atomic E-state index is 0.0537. The first-order valence-corrected chi connectivity index (χ1v) is 7.82. The van der Waals surface area contributed by atoms with Crippen LogP contribution >= 0.6 is 0 Å². The van der Waals surface area contributed by atoms with Crippen molar-refractivity contribution in [1.29, 1.82) is 0 Å². The molecule has 1 aromatic heterocycles. The van der Waals surface area contributed by atoms with E-state index >= 15 is 0 Å². The van der Waals surface area contributed by atoms with E-state index < -0.39 is 0 Å². The molecule has 2 fully saturated rings. The van der Waals surface area contributed by atoms with E-state index in [-0.39, 0.29) is 6.03 Å². The molecule has 1 aliphatic heterocycles. The third-order valence-electron chi connectivity index (χ3n) is 5.15. The molecule has 0 radical (unpaired) electrons. The monoisotopic (exact) mass is 283 g/mol. The molecular weight excluding hydrogens is 262 g/mol. The average Bonchev–Trinajstić information content (AvgIpc) is 3.14. The van der Waals surface area contributed by atoms with E-state index in [1.54, 1.807) is 0 Å². The lowest BCUT2D eigenvalue weighted by molar-refractivity contribution is 0.219. The summed E-state index contributed by atoms with van der Waals surface area (Å²) in [5, 5.41) is 4.26. The van der Waals surface area contributed by atoms with Crippen LogP contribution in [0.1, 0.15) is 19.3 Å². The van der Waals surface area contributed by atoms with E-state index in [1.807, 2.05) is 30.3 Å². The largest absolute Gasteiger partial charge is 0.350 e. The molecule has 110 valence electrons. The van der Waals surface area contributed by atoms with Crippen LogP contribution < -0.4 is 5.32 Å². The maximum absolute atomic E-state index is 12.4. The summed E-state index contributed by atoms with van der Waals surface area (Å²) < 4.78 is 2.07. The topological polar surface area (TPSA) is 37.3 Å². The summed E-state index contributed by atoms with van der Waals surface area (Å²) in [6.07, 6.45) is 5.97. The van der Waals surface area contributed by atoms with Crippen LogP contribution in [-0.4, -0.2) is 28.6 Å². The van der Waals surface area contributed by atoms with Gasteiger partial charge in [0.1, 0.15) is 0 Å². The first-order valence-electron chi connectivity index (χ1n) is 7.82. The first kappa shape index (κ1) is 12.7. The second kappa shape index (κ2) is 4.79. The van der Waals surface area contributed by atoms with Crippen LogP contribution in [0.15, 0.2) is 30.5 Å². The fourth-order valence-electron chi connectivity index (χ4n) is 3.94. The quantitative estimate of drug-likeness (QED) is 0.855. The van der Waals surface area contributed by atoms with Gasteiger partial charge in [0, 0.05) is 37.5 Å². The van der Waals surface area contributed by atoms with Crippen LogP contribution in [0.5, 0.6) is 0 Å². The highest BCUT2D eigenvalue weighted by atomic mass is 16.2. The number of rotatable bonds is 1. The van der Waals surface area contributed by atoms with Crippen molar-refractivity contribution in [1.82, 2.24) is 9.47 Å². The number of nitrogens with one attached hydrogen (secondary N) is 1. The van der Waals surface area contributed by atoms with Crippen LogP contribution in [0.2, 0.25) is 0 Å². The molecule has 2 aliphatic rings. The number of hydrogen-bond acceptors (Lipinski definition) is 1. The highest BCUT2D eigenvalue weighted by Crippen LogP contribution is 2.37. The Bertz CT molecular complexity index is 678. The Morgan fingerprint density at radius 2 is 1.95 bits per heavy atom. The number of carbonyl (C=O) groups is 1. The van der Waals surface area contributed by atoms with Gasteiger partial charge in [-0.05, 0) is 48.3 Å². The third kappa shape index (κ3) is 2.19. The number of fused-ring (bicyclic) bond motifs is 2. The zero-order valence-electron chi connectivity index (χ0n) is 12.4. The van der Waals surface area contributed by atoms with Crippen molar-refractivity contribution < 1.29 is 4.79 Å². The van der Waals surface area contributed by atoms with Crippen molar-refractivity contribution in [3.05, 3.63) is 30.5 Å². The molecule has 1 saturated heterocycles. The number of anilines is 1. The summed E-state index contributed by atoms with van der Waals surface area (Å²) in [6, 6.07) is 8.23. The van der Waals surface area contributed by atoms with Gasteiger partial charge in [0.15, 0.2) is 0 Å². The van der Waals surface area contributed by atoms with Gasteiger partial charge in [-0.25, -0.2) is 4.79 Å². The third-order valence-corrected chi connectivity index (χ3v) is 5.15. The number of likely N-dealkylation sites (tertiary alicyclic amines) is 1. The number of benzene rings is 1. The molecule has 1 N–H and O–H groups in total. The van der Waals surface area contributed by atoms with Crippen molar-refractivity contribution >= 4 is 22.6 Å². The maximum Gasteiger partial charge on any atom is 0.321 e. The molecule has 0 unspecified atom stereocenters. The van der Waals surface area contributed by atoms with Crippen LogP contribution in [0, 0.1) is 11.8 Å². The molecule has 0 spiro atoms. The lowest BCUT2D eigenvalue weighted by Crippen LogP contribution is -2.33. The van der Waals surface area contributed by atoms with E-state index in [9.17, 15) is 4.79 Å². The molecule has 4 nitrogen and oxygen atoms in total. The number of nitrogens with zero attached hydrogens (tertiary/aromatic N) is 2. The molecule has 2 aromatic rings. The highest BCUT2D eigenvalue weighted by molar-refractivity contribution is 5.93. The van der Waals surface area contributed by atoms with E-state index in [4.69, 9.17) is 0 Å². The Morgan fingerprint density at radius 1 is 1.19 bits per heavy atom. The molecule has 2 amide bonds. The SMILES string of the molecule is Cn1ccc2ccc(NC(=O)N3C[C@H]4CCC[C@H]4C3)cc21. The van der Waals surface area contributed by atoms with Crippen molar-refractivity contribution in [3.63, 3.8) is 0 Å². The van der Waals surface area contributed by atoms with E-state index in [0.717, 1.165) is 36.1 Å². The Balaban J connectivity index is 1.49. The highest BCUT2D eigenvalue weighted by Gasteiger charge is 2.37. The number of urea groups is 1. The molecule has 1 aromatic carbocycles. The van der Waals surface area contributed by atoms with Crippen LogP contribution in [0.3, 0.4) is 0 Å². The molecule has 0 bridgehead atoms. The zero-order chi connectivity index (χ0) is 14.4. The van der Waals surface area contributed by atoms with Gasteiger partial charge in [0.05, 0.1) is 0 Å². The zero-order valence-corrected chi connectivity index (χ0v) is 12.4. The maximum atomic E-state index is 12.4. The lowest BCUT2D eigenvalue weighted by atomic mass is 10.0. The lowest BCUT2D eigenvalue weighted by Gasteiger charge is -2.18. The first-order chi connectivity index (χ1) is 10.2. The van der Waals surface area contributed by atoms with Crippen LogP contribution in [0.4, 0.5) is 10.5 Å². The van der Waals surface area contributed by atoms with Gasteiger partial charge in [-0.2, -0.15) is 0 Å². The normalized spacial score (nSPS) is 24.5. The molecule has 1 aliphatic carbocycles. The van der Waals surface area contributed by atoms with Gasteiger partial charge < -0.3 is 14.8 Å². The van der Waals surface area contributed by atoms with Crippen molar-refractivity contribution in [2.24, 2.45) is 18.9 Å². The fourth-order valence-corrected chi connectivity index (χ4v) is 3.94. The Labute approximate surface area is 124 Å². The minimum Gasteiger partial charge on any atom is -0.350 e. The van der Waals surface area contributed by atoms with Gasteiger partial charge in [-0.15, -0.1) is 0 Å². The summed E-state index contributed by atoms with van der Waals surface area (Å²) in [7, 11) is 2.02. The number of aromatic nitrogens is 1. The average molecular weight is 283 g/mol. The molecule has 2 atom stereocenters. The predicted molar refractivity (Wildman–Crippen MR) is 84.3 cm³/mol. The predicted octanol–water partition coefficient (Wildman–Crippen LogP) is 3.44. The molecule has 1 saturated carbocycles. The smallest absolute Gasteiger partial charge is 0.321 e. The van der Waals surface area contributed by atoms with E-state index in [2.05, 4.69) is 22.0 Å². The second-order valence-electron chi connectivity index (χ2n) is 6.49. The van der Waals surface area contributed by atoms with Crippen LogP contribution in [0.25, 0.3) is 10.9 Å². The summed E-state index contributed by atoms with van der Waals surface area (Å²) in [5.74, 6) is 1.48. The molecule has 2 heterocycles. The van der Waals surface area contributed by atoms with Gasteiger partial charge in [0.2, 0.25) is 0 Å². The molecular formula is C17H21N3O. The summed E-state index contributed by atoms with van der Waals surface area (Å²) in [4.78, 5) is 14.4. The summed E-state index contributed by atoms with van der Waals surface area (Å²) >= 11 is 0.